The Kier molecular flexibility index (Phi) is 12.7. The van der Waals surface area contributed by atoms with Crippen LogP contribution in [-0.4, -0.2) is 59.0 Å². The van der Waals surface area contributed by atoms with Crippen molar-refractivity contribution in [1.82, 2.24) is 15.5 Å². The lowest BCUT2D eigenvalue weighted by molar-refractivity contribution is -0.159. The van der Waals surface area contributed by atoms with Gasteiger partial charge in [0.15, 0.2) is 0 Å². The van der Waals surface area contributed by atoms with E-state index < -0.39 is 41.7 Å². The van der Waals surface area contributed by atoms with E-state index in [4.69, 9.17) is 9.47 Å². The number of carbonyl (C=O) groups is 4. The highest BCUT2D eigenvalue weighted by molar-refractivity contribution is 5.93. The van der Waals surface area contributed by atoms with Crippen molar-refractivity contribution in [3.8, 4) is 0 Å². The predicted octanol–water partition coefficient (Wildman–Crippen LogP) is 5.51. The van der Waals surface area contributed by atoms with Crippen LogP contribution in [0.5, 0.6) is 0 Å². The van der Waals surface area contributed by atoms with Crippen molar-refractivity contribution >= 4 is 23.9 Å². The average Bonchev–Trinajstić information content (AvgIpc) is 2.97. The highest BCUT2D eigenvalue weighted by Crippen LogP contribution is 2.28. The van der Waals surface area contributed by atoms with Crippen LogP contribution in [0, 0.1) is 11.8 Å². The van der Waals surface area contributed by atoms with Crippen molar-refractivity contribution in [2.24, 2.45) is 11.8 Å². The topological polar surface area (TPSA) is 114 Å². The zero-order valence-corrected chi connectivity index (χ0v) is 26.2. The maximum absolute atomic E-state index is 14.0. The number of benzene rings is 1. The number of piperidine rings is 1. The number of nitrogens with zero attached hydrogens (tertiary/aromatic N) is 1. The molecule has 1 aliphatic heterocycles. The van der Waals surface area contributed by atoms with Gasteiger partial charge in [-0.3, -0.25) is 9.59 Å². The average molecular weight is 586 g/mol. The highest BCUT2D eigenvalue weighted by atomic mass is 16.6. The summed E-state index contributed by atoms with van der Waals surface area (Å²) in [6.07, 6.45) is 8.02. The third kappa shape index (κ3) is 10.3. The summed E-state index contributed by atoms with van der Waals surface area (Å²) in [6.45, 7) is 9.79. The summed E-state index contributed by atoms with van der Waals surface area (Å²) in [7, 11) is 0. The number of amides is 3. The van der Waals surface area contributed by atoms with Gasteiger partial charge in [-0.1, -0.05) is 82.7 Å². The lowest BCUT2D eigenvalue weighted by Gasteiger charge is -2.38. The fourth-order valence-corrected chi connectivity index (χ4v) is 5.82. The second-order valence-electron chi connectivity index (χ2n) is 12.9. The molecule has 1 saturated heterocycles. The Morgan fingerprint density at radius 2 is 1.62 bits per heavy atom. The molecule has 1 aromatic rings. The van der Waals surface area contributed by atoms with Crippen molar-refractivity contribution in [2.75, 3.05) is 6.54 Å². The standard InChI is InChI=1S/C33H51N3O6/c1-6-23(2)28(30(38)36-20-14-13-19-27(36)31(39)41-22-25-17-11-8-12-18-25)35-29(37)26(21-24-15-9-7-10-16-24)34-32(40)42-33(3,4)5/h8,11-12,17-18,23-24,26-28H,6-7,9-10,13-16,19-22H2,1-5H3,(H,34,40)(H,35,37)/t23-,26+,27?,28-/m0/s1. The Hall–Kier alpha value is -3.10. The molecule has 234 valence electrons. The van der Waals surface area contributed by atoms with Crippen LogP contribution in [0.15, 0.2) is 30.3 Å². The summed E-state index contributed by atoms with van der Waals surface area (Å²) < 4.78 is 11.1. The first-order chi connectivity index (χ1) is 20.0. The van der Waals surface area contributed by atoms with E-state index >= 15 is 0 Å². The molecule has 2 aliphatic rings. The molecule has 3 amide bonds. The van der Waals surface area contributed by atoms with Gasteiger partial charge in [-0.05, 0) is 63.9 Å². The van der Waals surface area contributed by atoms with Crippen LogP contribution < -0.4 is 10.6 Å². The first-order valence-corrected chi connectivity index (χ1v) is 15.8. The summed E-state index contributed by atoms with van der Waals surface area (Å²) in [5.74, 6) is -0.977. The lowest BCUT2D eigenvalue weighted by Crippen LogP contribution is -2.60. The smallest absolute Gasteiger partial charge is 0.408 e. The van der Waals surface area contributed by atoms with E-state index in [0.717, 1.165) is 44.1 Å². The maximum atomic E-state index is 14.0. The molecule has 9 heteroatoms. The minimum Gasteiger partial charge on any atom is -0.459 e. The van der Waals surface area contributed by atoms with Gasteiger partial charge in [0, 0.05) is 6.54 Å². The van der Waals surface area contributed by atoms with Crippen molar-refractivity contribution < 1.29 is 28.7 Å². The van der Waals surface area contributed by atoms with Crippen LogP contribution in [0.25, 0.3) is 0 Å². The van der Waals surface area contributed by atoms with E-state index in [2.05, 4.69) is 10.6 Å². The van der Waals surface area contributed by atoms with Crippen LogP contribution >= 0.6 is 0 Å². The van der Waals surface area contributed by atoms with E-state index in [0.29, 0.717) is 31.7 Å². The van der Waals surface area contributed by atoms with Crippen molar-refractivity contribution in [3.05, 3.63) is 35.9 Å². The fraction of sp³-hybridized carbons (Fsp3) is 0.697. The van der Waals surface area contributed by atoms with Crippen LogP contribution in [0.4, 0.5) is 4.79 Å². The molecule has 0 bridgehead atoms. The third-order valence-corrected chi connectivity index (χ3v) is 8.36. The Balaban J connectivity index is 1.74. The molecule has 1 saturated carbocycles. The van der Waals surface area contributed by atoms with Gasteiger partial charge in [-0.25, -0.2) is 9.59 Å². The van der Waals surface area contributed by atoms with Gasteiger partial charge in [0.25, 0.3) is 0 Å². The predicted molar refractivity (Wildman–Crippen MR) is 161 cm³/mol. The second-order valence-corrected chi connectivity index (χ2v) is 12.9. The van der Waals surface area contributed by atoms with Gasteiger partial charge in [0.2, 0.25) is 11.8 Å². The van der Waals surface area contributed by atoms with Gasteiger partial charge < -0.3 is 25.0 Å². The summed E-state index contributed by atoms with van der Waals surface area (Å²) in [4.78, 5) is 55.3. The molecular weight excluding hydrogens is 534 g/mol. The molecule has 1 unspecified atom stereocenters. The summed E-state index contributed by atoms with van der Waals surface area (Å²) in [5.41, 5.74) is 0.176. The lowest BCUT2D eigenvalue weighted by atomic mass is 9.84. The summed E-state index contributed by atoms with van der Waals surface area (Å²) >= 11 is 0. The molecule has 0 aromatic heterocycles. The molecule has 1 aliphatic carbocycles. The highest BCUT2D eigenvalue weighted by Gasteiger charge is 2.40. The Bertz CT molecular complexity index is 1030. The van der Waals surface area contributed by atoms with E-state index in [1.807, 2.05) is 44.2 Å². The monoisotopic (exact) mass is 585 g/mol. The molecular formula is C33H51N3O6. The first-order valence-electron chi connectivity index (χ1n) is 15.8. The molecule has 3 rings (SSSR count). The summed E-state index contributed by atoms with van der Waals surface area (Å²) in [6, 6.07) is 7.10. The third-order valence-electron chi connectivity index (χ3n) is 8.36. The minimum absolute atomic E-state index is 0.142. The Morgan fingerprint density at radius 3 is 2.26 bits per heavy atom. The summed E-state index contributed by atoms with van der Waals surface area (Å²) in [5, 5.41) is 5.78. The number of hydrogen-bond donors (Lipinski definition) is 2. The molecule has 42 heavy (non-hydrogen) atoms. The van der Waals surface area contributed by atoms with Gasteiger partial charge in [-0.15, -0.1) is 0 Å². The Morgan fingerprint density at radius 1 is 0.952 bits per heavy atom. The number of alkyl carbamates (subject to hydrolysis) is 1. The van der Waals surface area contributed by atoms with Crippen LogP contribution in [0.1, 0.15) is 104 Å². The van der Waals surface area contributed by atoms with Gasteiger partial charge in [0.05, 0.1) is 0 Å². The molecule has 1 heterocycles. The number of carbonyl (C=O) groups excluding carboxylic acids is 4. The zero-order valence-electron chi connectivity index (χ0n) is 26.2. The van der Waals surface area contributed by atoms with E-state index in [-0.39, 0.29) is 18.4 Å². The van der Waals surface area contributed by atoms with Gasteiger partial charge in [-0.2, -0.15) is 0 Å². The first kappa shape index (κ1) is 33.4. The second kappa shape index (κ2) is 15.9. The van der Waals surface area contributed by atoms with Crippen molar-refractivity contribution in [3.63, 3.8) is 0 Å². The number of esters is 1. The zero-order chi connectivity index (χ0) is 30.7. The van der Waals surface area contributed by atoms with E-state index in [1.54, 1.807) is 25.7 Å². The van der Waals surface area contributed by atoms with Crippen LogP contribution in [0.2, 0.25) is 0 Å². The molecule has 2 N–H and O–H groups in total. The fourth-order valence-electron chi connectivity index (χ4n) is 5.82. The van der Waals surface area contributed by atoms with Gasteiger partial charge >= 0.3 is 12.1 Å². The molecule has 9 nitrogen and oxygen atoms in total. The van der Waals surface area contributed by atoms with Crippen LogP contribution in [0.3, 0.4) is 0 Å². The minimum atomic E-state index is -0.834. The Labute approximate surface area is 251 Å². The normalized spacial score (nSPS) is 20.1. The molecule has 0 radical (unpaired) electrons. The molecule has 2 fully saturated rings. The largest absolute Gasteiger partial charge is 0.459 e. The van der Waals surface area contributed by atoms with Crippen molar-refractivity contribution in [1.29, 1.82) is 0 Å². The number of likely N-dealkylation sites (tertiary alicyclic amines) is 1. The number of hydrogen-bond acceptors (Lipinski definition) is 6. The molecule has 4 atom stereocenters. The number of nitrogens with one attached hydrogen (secondary N) is 2. The van der Waals surface area contributed by atoms with E-state index in [1.165, 1.54) is 6.42 Å². The number of rotatable bonds is 11. The molecule has 1 aromatic carbocycles. The SMILES string of the molecule is CC[C@H](C)[C@H](NC(=O)[C@@H](CC1CCCCC1)NC(=O)OC(C)(C)C)C(=O)N1CCCCC1C(=O)OCc1ccccc1. The van der Waals surface area contributed by atoms with Crippen molar-refractivity contribution in [2.45, 2.75) is 129 Å². The van der Waals surface area contributed by atoms with E-state index in [9.17, 15) is 19.2 Å². The maximum Gasteiger partial charge on any atom is 0.408 e. The van der Waals surface area contributed by atoms with Gasteiger partial charge in [0.1, 0.15) is 30.3 Å². The molecule has 0 spiro atoms. The van der Waals surface area contributed by atoms with Crippen LogP contribution in [-0.2, 0) is 30.5 Å². The quantitative estimate of drug-likeness (QED) is 0.331. The number of ether oxygens (including phenoxy) is 2.